The molecule has 0 unspecified atom stereocenters. The minimum Gasteiger partial charge on any atom is -0.308 e. The SMILES string of the molecule is CCN(C(=O)c1ccc(S(=O)(=O)NC(C)(C)C)cc1)c1cccc2ccccc12. The van der Waals surface area contributed by atoms with Crippen LogP contribution in [0.1, 0.15) is 38.1 Å². The van der Waals surface area contributed by atoms with Crippen LogP contribution in [0.5, 0.6) is 0 Å². The van der Waals surface area contributed by atoms with Crippen molar-refractivity contribution in [2.75, 3.05) is 11.4 Å². The molecule has 0 aliphatic rings. The summed E-state index contributed by atoms with van der Waals surface area (Å²) < 4.78 is 27.6. The highest BCUT2D eigenvalue weighted by molar-refractivity contribution is 7.89. The van der Waals surface area contributed by atoms with Gasteiger partial charge in [0, 0.05) is 23.0 Å². The maximum Gasteiger partial charge on any atom is 0.258 e. The van der Waals surface area contributed by atoms with E-state index in [0.29, 0.717) is 12.1 Å². The highest BCUT2D eigenvalue weighted by Gasteiger charge is 2.23. The fourth-order valence-corrected chi connectivity index (χ4v) is 4.68. The van der Waals surface area contributed by atoms with Crippen LogP contribution in [-0.4, -0.2) is 26.4 Å². The van der Waals surface area contributed by atoms with Crippen molar-refractivity contribution in [3.63, 3.8) is 0 Å². The van der Waals surface area contributed by atoms with Crippen LogP contribution in [0.4, 0.5) is 5.69 Å². The van der Waals surface area contributed by atoms with E-state index in [9.17, 15) is 13.2 Å². The first-order valence-electron chi connectivity index (χ1n) is 9.56. The lowest BCUT2D eigenvalue weighted by Crippen LogP contribution is -2.40. The zero-order chi connectivity index (χ0) is 21.2. The summed E-state index contributed by atoms with van der Waals surface area (Å²) in [5, 5.41) is 2.06. The van der Waals surface area contributed by atoms with E-state index in [4.69, 9.17) is 0 Å². The van der Waals surface area contributed by atoms with Crippen LogP contribution in [0.15, 0.2) is 71.6 Å². The van der Waals surface area contributed by atoms with Crippen molar-refractivity contribution >= 4 is 32.4 Å². The van der Waals surface area contributed by atoms with Gasteiger partial charge >= 0.3 is 0 Å². The molecule has 3 aromatic rings. The Bertz CT molecular complexity index is 1130. The lowest BCUT2D eigenvalue weighted by Gasteiger charge is -2.23. The number of benzene rings is 3. The topological polar surface area (TPSA) is 66.5 Å². The predicted molar refractivity (Wildman–Crippen MR) is 118 cm³/mol. The molecule has 0 aromatic heterocycles. The Labute approximate surface area is 172 Å². The maximum absolute atomic E-state index is 13.2. The second kappa shape index (κ2) is 7.97. The van der Waals surface area contributed by atoms with Crippen LogP contribution in [0.25, 0.3) is 10.8 Å². The quantitative estimate of drug-likeness (QED) is 0.669. The number of sulfonamides is 1. The molecule has 29 heavy (non-hydrogen) atoms. The third-order valence-electron chi connectivity index (χ3n) is 4.47. The van der Waals surface area contributed by atoms with E-state index in [1.165, 1.54) is 12.1 Å². The van der Waals surface area contributed by atoms with Gasteiger partial charge in [-0.3, -0.25) is 4.79 Å². The first-order chi connectivity index (χ1) is 13.6. The van der Waals surface area contributed by atoms with Gasteiger partial charge in [-0.25, -0.2) is 13.1 Å². The second-order valence-corrected chi connectivity index (χ2v) is 9.61. The molecule has 1 N–H and O–H groups in total. The van der Waals surface area contributed by atoms with Gasteiger partial charge in [0.05, 0.1) is 10.6 Å². The molecule has 0 atom stereocenters. The molecule has 152 valence electrons. The smallest absolute Gasteiger partial charge is 0.258 e. The number of hydrogen-bond acceptors (Lipinski definition) is 3. The Morgan fingerprint density at radius 2 is 1.55 bits per heavy atom. The number of fused-ring (bicyclic) bond motifs is 1. The van der Waals surface area contributed by atoms with E-state index < -0.39 is 15.6 Å². The first-order valence-corrected chi connectivity index (χ1v) is 11.0. The van der Waals surface area contributed by atoms with E-state index in [0.717, 1.165) is 16.5 Å². The number of anilines is 1. The Morgan fingerprint density at radius 3 is 2.17 bits per heavy atom. The summed E-state index contributed by atoms with van der Waals surface area (Å²) in [5.41, 5.74) is 0.692. The van der Waals surface area contributed by atoms with Gasteiger partial charge < -0.3 is 4.90 Å². The average molecular weight is 411 g/mol. The zero-order valence-electron chi connectivity index (χ0n) is 17.1. The third kappa shape index (κ3) is 4.66. The molecular formula is C23H26N2O3S. The molecule has 6 heteroatoms. The summed E-state index contributed by atoms with van der Waals surface area (Å²) in [7, 11) is -3.64. The average Bonchev–Trinajstić information content (AvgIpc) is 2.67. The third-order valence-corrected chi connectivity index (χ3v) is 6.24. The maximum atomic E-state index is 13.2. The molecule has 0 heterocycles. The van der Waals surface area contributed by atoms with Crippen molar-refractivity contribution in [3.8, 4) is 0 Å². The van der Waals surface area contributed by atoms with Gasteiger partial charge in [0.1, 0.15) is 0 Å². The summed E-state index contributed by atoms with van der Waals surface area (Å²) >= 11 is 0. The number of nitrogens with zero attached hydrogens (tertiary/aromatic N) is 1. The molecule has 3 rings (SSSR count). The zero-order valence-corrected chi connectivity index (χ0v) is 18.0. The van der Waals surface area contributed by atoms with Gasteiger partial charge in [0.25, 0.3) is 5.91 Å². The fraction of sp³-hybridized carbons (Fsp3) is 0.261. The largest absolute Gasteiger partial charge is 0.308 e. The molecule has 0 spiro atoms. The fourth-order valence-electron chi connectivity index (χ4n) is 3.26. The van der Waals surface area contributed by atoms with Crippen molar-refractivity contribution in [2.45, 2.75) is 38.1 Å². The van der Waals surface area contributed by atoms with Crippen LogP contribution in [0.3, 0.4) is 0 Å². The Morgan fingerprint density at radius 1 is 0.931 bits per heavy atom. The molecule has 1 amide bonds. The summed E-state index contributed by atoms with van der Waals surface area (Å²) in [5.74, 6) is -0.170. The van der Waals surface area contributed by atoms with Gasteiger partial charge in [0.15, 0.2) is 0 Å². The van der Waals surface area contributed by atoms with Gasteiger partial charge in [-0.2, -0.15) is 0 Å². The van der Waals surface area contributed by atoms with Gasteiger partial charge in [0.2, 0.25) is 10.0 Å². The monoisotopic (exact) mass is 410 g/mol. The Kier molecular flexibility index (Phi) is 5.78. The Balaban J connectivity index is 1.93. The number of hydrogen-bond donors (Lipinski definition) is 1. The standard InChI is InChI=1S/C23H26N2O3S/c1-5-25(21-12-8-10-17-9-6-7-11-20(17)21)22(26)18-13-15-19(16-14-18)29(27,28)24-23(2,3)4/h6-16,24H,5H2,1-4H3. The minimum absolute atomic E-state index is 0.136. The number of amides is 1. The second-order valence-electron chi connectivity index (χ2n) is 7.93. The van der Waals surface area contributed by atoms with Crippen LogP contribution < -0.4 is 9.62 Å². The summed E-state index contributed by atoms with van der Waals surface area (Å²) in [4.78, 5) is 15.0. The van der Waals surface area contributed by atoms with Crippen LogP contribution in [0.2, 0.25) is 0 Å². The van der Waals surface area contributed by atoms with E-state index in [1.54, 1.807) is 37.8 Å². The molecule has 0 bridgehead atoms. The summed E-state index contributed by atoms with van der Waals surface area (Å²) in [6, 6.07) is 19.9. The molecule has 0 aliphatic carbocycles. The molecule has 0 aliphatic heterocycles. The highest BCUT2D eigenvalue weighted by atomic mass is 32.2. The highest BCUT2D eigenvalue weighted by Crippen LogP contribution is 2.28. The molecule has 3 aromatic carbocycles. The van der Waals surface area contributed by atoms with Crippen molar-refractivity contribution in [1.82, 2.24) is 4.72 Å². The van der Waals surface area contributed by atoms with Gasteiger partial charge in [-0.05, 0) is 63.4 Å². The van der Waals surface area contributed by atoms with Crippen molar-refractivity contribution in [2.24, 2.45) is 0 Å². The van der Waals surface area contributed by atoms with Gasteiger partial charge in [-0.15, -0.1) is 0 Å². The lowest BCUT2D eigenvalue weighted by atomic mass is 10.1. The summed E-state index contributed by atoms with van der Waals surface area (Å²) in [6.07, 6.45) is 0. The van der Waals surface area contributed by atoms with Crippen molar-refractivity contribution in [3.05, 3.63) is 72.3 Å². The van der Waals surface area contributed by atoms with E-state index in [2.05, 4.69) is 4.72 Å². The Hall–Kier alpha value is -2.70. The van der Waals surface area contributed by atoms with Crippen molar-refractivity contribution < 1.29 is 13.2 Å². The molecule has 0 fully saturated rings. The molecule has 0 saturated heterocycles. The predicted octanol–water partition coefficient (Wildman–Crippen LogP) is 4.58. The first kappa shape index (κ1) is 21.0. The molecule has 0 radical (unpaired) electrons. The normalized spacial score (nSPS) is 12.1. The van der Waals surface area contributed by atoms with E-state index >= 15 is 0 Å². The van der Waals surface area contributed by atoms with E-state index in [1.807, 2.05) is 49.4 Å². The number of rotatable bonds is 5. The molecular weight excluding hydrogens is 384 g/mol. The van der Waals surface area contributed by atoms with Gasteiger partial charge in [-0.1, -0.05) is 36.4 Å². The number of carbonyl (C=O) groups is 1. The number of nitrogens with one attached hydrogen (secondary N) is 1. The van der Waals surface area contributed by atoms with Crippen molar-refractivity contribution in [1.29, 1.82) is 0 Å². The van der Waals surface area contributed by atoms with Crippen LogP contribution in [0, 0.1) is 0 Å². The van der Waals surface area contributed by atoms with Crippen LogP contribution in [-0.2, 0) is 10.0 Å². The van der Waals surface area contributed by atoms with Crippen LogP contribution >= 0.6 is 0 Å². The minimum atomic E-state index is -3.64. The molecule has 0 saturated carbocycles. The van der Waals surface area contributed by atoms with E-state index in [-0.39, 0.29) is 10.8 Å². The number of carbonyl (C=O) groups excluding carboxylic acids is 1. The lowest BCUT2D eigenvalue weighted by molar-refractivity contribution is 0.0988. The molecule has 5 nitrogen and oxygen atoms in total. The summed E-state index contributed by atoms with van der Waals surface area (Å²) in [6.45, 7) is 7.77.